The Morgan fingerprint density at radius 2 is 1.80 bits per heavy atom. The largest absolute Gasteiger partial charge is 0.354 e. The minimum Gasteiger partial charge on any atom is -0.354 e. The molecule has 0 aromatic carbocycles. The highest BCUT2D eigenvalue weighted by Crippen LogP contribution is 2.10. The molecule has 2 fully saturated rings. The van der Waals surface area contributed by atoms with Gasteiger partial charge in [-0.1, -0.05) is 12.8 Å². The summed E-state index contributed by atoms with van der Waals surface area (Å²) in [6.45, 7) is 3.16. The fraction of sp³-hybridized carbons (Fsp3) is 0.867. The third-order valence-electron chi connectivity index (χ3n) is 4.22. The summed E-state index contributed by atoms with van der Waals surface area (Å²) in [5.41, 5.74) is 0. The summed E-state index contributed by atoms with van der Waals surface area (Å²) in [7, 11) is 0. The normalized spacial score (nSPS) is 24.0. The van der Waals surface area contributed by atoms with E-state index in [0.717, 1.165) is 51.7 Å². The van der Waals surface area contributed by atoms with Gasteiger partial charge >= 0.3 is 0 Å². The number of amides is 2. The first-order chi connectivity index (χ1) is 9.77. The highest BCUT2D eigenvalue weighted by atomic mass is 16.2. The third kappa shape index (κ3) is 4.78. The number of hydrogen-bond acceptors (Lipinski definition) is 3. The zero-order valence-corrected chi connectivity index (χ0v) is 12.3. The van der Waals surface area contributed by atoms with Gasteiger partial charge in [0.05, 0.1) is 6.04 Å². The number of piperidine rings is 1. The van der Waals surface area contributed by atoms with E-state index in [-0.39, 0.29) is 17.9 Å². The van der Waals surface area contributed by atoms with E-state index in [1.807, 2.05) is 4.90 Å². The van der Waals surface area contributed by atoms with Crippen LogP contribution in [0.1, 0.15) is 51.4 Å². The molecule has 1 atom stereocenters. The van der Waals surface area contributed by atoms with Gasteiger partial charge < -0.3 is 15.5 Å². The maximum absolute atomic E-state index is 12.0. The van der Waals surface area contributed by atoms with Crippen molar-refractivity contribution in [1.82, 2.24) is 15.5 Å². The minimum atomic E-state index is -0.0670. The number of nitrogens with one attached hydrogen (secondary N) is 2. The van der Waals surface area contributed by atoms with Crippen molar-refractivity contribution in [1.29, 1.82) is 0 Å². The Morgan fingerprint density at radius 3 is 2.60 bits per heavy atom. The van der Waals surface area contributed by atoms with Crippen LogP contribution in [0.2, 0.25) is 0 Å². The van der Waals surface area contributed by atoms with Gasteiger partial charge in [0.1, 0.15) is 0 Å². The highest BCUT2D eigenvalue weighted by Gasteiger charge is 2.20. The van der Waals surface area contributed by atoms with Crippen LogP contribution in [-0.4, -0.2) is 48.9 Å². The predicted octanol–water partition coefficient (Wildman–Crippen LogP) is 1.04. The molecule has 1 unspecified atom stereocenters. The lowest BCUT2D eigenvalue weighted by Gasteiger charge is -2.26. The van der Waals surface area contributed by atoms with E-state index in [9.17, 15) is 9.59 Å². The van der Waals surface area contributed by atoms with E-state index in [4.69, 9.17) is 0 Å². The van der Waals surface area contributed by atoms with Gasteiger partial charge in [0.15, 0.2) is 0 Å². The average Bonchev–Trinajstić information content (AvgIpc) is 2.77. The summed E-state index contributed by atoms with van der Waals surface area (Å²) in [6.07, 6.45) is 8.26. The second-order valence-corrected chi connectivity index (χ2v) is 5.84. The van der Waals surface area contributed by atoms with Crippen LogP contribution < -0.4 is 10.6 Å². The molecule has 0 aromatic rings. The standard InChI is InChI=1S/C15H27N3O2/c19-14(18-11-5-2-6-12-18)8-10-17-15(20)13-7-3-1-4-9-16-13/h13,16H,1-12H2,(H,17,20). The summed E-state index contributed by atoms with van der Waals surface area (Å²) in [4.78, 5) is 25.9. The van der Waals surface area contributed by atoms with Crippen molar-refractivity contribution in [2.45, 2.75) is 57.4 Å². The van der Waals surface area contributed by atoms with Gasteiger partial charge in [0, 0.05) is 26.1 Å². The summed E-state index contributed by atoms with van der Waals surface area (Å²) < 4.78 is 0. The fourth-order valence-electron chi connectivity index (χ4n) is 2.97. The Hall–Kier alpha value is -1.10. The number of carbonyl (C=O) groups is 2. The summed E-state index contributed by atoms with van der Waals surface area (Å²) in [5.74, 6) is 0.233. The van der Waals surface area contributed by atoms with Crippen LogP contribution in [0.3, 0.4) is 0 Å². The summed E-state index contributed by atoms with van der Waals surface area (Å²) >= 11 is 0. The first kappa shape index (κ1) is 15.3. The third-order valence-corrected chi connectivity index (χ3v) is 4.22. The number of likely N-dealkylation sites (tertiary alicyclic amines) is 1. The van der Waals surface area contributed by atoms with Gasteiger partial charge in [-0.15, -0.1) is 0 Å². The Labute approximate surface area is 121 Å². The zero-order valence-electron chi connectivity index (χ0n) is 12.3. The fourth-order valence-corrected chi connectivity index (χ4v) is 2.97. The number of rotatable bonds is 4. The van der Waals surface area contributed by atoms with Crippen molar-refractivity contribution in [2.75, 3.05) is 26.2 Å². The van der Waals surface area contributed by atoms with Crippen LogP contribution in [0.25, 0.3) is 0 Å². The molecule has 0 radical (unpaired) electrons. The van der Waals surface area contributed by atoms with Gasteiger partial charge in [0.2, 0.25) is 11.8 Å². The molecular weight excluding hydrogens is 254 g/mol. The van der Waals surface area contributed by atoms with E-state index in [0.29, 0.717) is 13.0 Å². The summed E-state index contributed by atoms with van der Waals surface area (Å²) in [6, 6.07) is -0.0670. The van der Waals surface area contributed by atoms with Crippen molar-refractivity contribution in [2.24, 2.45) is 0 Å². The van der Waals surface area contributed by atoms with Crippen molar-refractivity contribution in [3.8, 4) is 0 Å². The molecule has 2 aliphatic rings. The van der Waals surface area contributed by atoms with Crippen LogP contribution in [-0.2, 0) is 9.59 Å². The SMILES string of the molecule is O=C(NCCC(=O)N1CCCCC1)C1CCCCCN1. The van der Waals surface area contributed by atoms with E-state index < -0.39 is 0 Å². The minimum absolute atomic E-state index is 0.0540. The molecule has 0 saturated carbocycles. The second kappa shape index (κ2) is 8.25. The molecule has 5 nitrogen and oxygen atoms in total. The van der Waals surface area contributed by atoms with Gasteiger partial charge in [-0.25, -0.2) is 0 Å². The van der Waals surface area contributed by atoms with Crippen LogP contribution >= 0.6 is 0 Å². The monoisotopic (exact) mass is 281 g/mol. The van der Waals surface area contributed by atoms with Gasteiger partial charge in [-0.3, -0.25) is 9.59 Å². The van der Waals surface area contributed by atoms with E-state index in [2.05, 4.69) is 10.6 Å². The molecule has 2 saturated heterocycles. The molecule has 0 aromatic heterocycles. The molecule has 5 heteroatoms. The molecule has 20 heavy (non-hydrogen) atoms. The van der Waals surface area contributed by atoms with Gasteiger partial charge in [0.25, 0.3) is 0 Å². The molecule has 2 amide bonds. The van der Waals surface area contributed by atoms with E-state index >= 15 is 0 Å². The second-order valence-electron chi connectivity index (χ2n) is 5.84. The molecule has 0 spiro atoms. The zero-order chi connectivity index (χ0) is 14.2. The number of carbonyl (C=O) groups excluding carboxylic acids is 2. The summed E-state index contributed by atoms with van der Waals surface area (Å²) in [5, 5.41) is 6.18. The lowest BCUT2D eigenvalue weighted by atomic mass is 10.1. The lowest BCUT2D eigenvalue weighted by Crippen LogP contribution is -2.45. The van der Waals surface area contributed by atoms with Gasteiger partial charge in [-0.05, 0) is 38.6 Å². The van der Waals surface area contributed by atoms with Crippen molar-refractivity contribution < 1.29 is 9.59 Å². The molecule has 0 aliphatic carbocycles. The van der Waals surface area contributed by atoms with E-state index in [1.54, 1.807) is 0 Å². The molecule has 2 heterocycles. The van der Waals surface area contributed by atoms with Gasteiger partial charge in [-0.2, -0.15) is 0 Å². The molecule has 0 bridgehead atoms. The van der Waals surface area contributed by atoms with Crippen LogP contribution in [0.4, 0.5) is 0 Å². The first-order valence-electron chi connectivity index (χ1n) is 8.06. The molecule has 2 aliphatic heterocycles. The smallest absolute Gasteiger partial charge is 0.237 e. The van der Waals surface area contributed by atoms with Crippen LogP contribution in [0.15, 0.2) is 0 Å². The lowest BCUT2D eigenvalue weighted by molar-refractivity contribution is -0.132. The van der Waals surface area contributed by atoms with Crippen molar-refractivity contribution >= 4 is 11.8 Å². The maximum Gasteiger partial charge on any atom is 0.237 e. The Bertz CT molecular complexity index is 319. The highest BCUT2D eigenvalue weighted by molar-refractivity contribution is 5.82. The molecular formula is C15H27N3O2. The van der Waals surface area contributed by atoms with Crippen LogP contribution in [0, 0.1) is 0 Å². The van der Waals surface area contributed by atoms with E-state index in [1.165, 1.54) is 12.8 Å². The maximum atomic E-state index is 12.0. The first-order valence-corrected chi connectivity index (χ1v) is 8.06. The molecule has 114 valence electrons. The Morgan fingerprint density at radius 1 is 1.05 bits per heavy atom. The van der Waals surface area contributed by atoms with Crippen molar-refractivity contribution in [3.63, 3.8) is 0 Å². The Balaban J connectivity index is 1.64. The van der Waals surface area contributed by atoms with Crippen LogP contribution in [0.5, 0.6) is 0 Å². The topological polar surface area (TPSA) is 61.4 Å². The molecule has 2 rings (SSSR count). The predicted molar refractivity (Wildman–Crippen MR) is 78.3 cm³/mol. The number of nitrogens with zero attached hydrogens (tertiary/aromatic N) is 1. The number of hydrogen-bond donors (Lipinski definition) is 2. The quantitative estimate of drug-likeness (QED) is 0.809. The van der Waals surface area contributed by atoms with Crippen molar-refractivity contribution in [3.05, 3.63) is 0 Å². The average molecular weight is 281 g/mol. The molecule has 2 N–H and O–H groups in total. The Kier molecular flexibility index (Phi) is 6.30.